The number of rotatable bonds is 4. The summed E-state index contributed by atoms with van der Waals surface area (Å²) in [4.78, 5) is 13.5. The van der Waals surface area contributed by atoms with E-state index in [-0.39, 0.29) is 18.8 Å². The van der Waals surface area contributed by atoms with Crippen molar-refractivity contribution < 1.29 is 14.3 Å². The Kier molecular flexibility index (Phi) is 4.41. The van der Waals surface area contributed by atoms with Crippen molar-refractivity contribution in [3.8, 4) is 5.75 Å². The fourth-order valence-corrected chi connectivity index (χ4v) is 2.67. The Morgan fingerprint density at radius 1 is 1.18 bits per heavy atom. The van der Waals surface area contributed by atoms with Gasteiger partial charge in [0.05, 0.1) is 11.6 Å². The number of hydrogen-bond donors (Lipinski definition) is 0. The molecule has 1 aliphatic rings. The van der Waals surface area contributed by atoms with Crippen LogP contribution in [0.15, 0.2) is 48.5 Å². The van der Waals surface area contributed by atoms with Crippen molar-refractivity contribution in [2.75, 3.05) is 18.1 Å². The van der Waals surface area contributed by atoms with E-state index in [0.29, 0.717) is 22.3 Å². The van der Waals surface area contributed by atoms with Gasteiger partial charge < -0.3 is 9.47 Å². The molecule has 22 heavy (non-hydrogen) atoms. The molecule has 4 nitrogen and oxygen atoms in total. The predicted octanol–water partition coefficient (Wildman–Crippen LogP) is 4.40. The van der Waals surface area contributed by atoms with Gasteiger partial charge in [-0.1, -0.05) is 41.4 Å². The standard InChI is InChI=1S/C16H13Cl2NO3/c17-11-6-7-15(14(18)8-11)21-10-13-9-19(16(20)22-13)12-4-2-1-3-5-12/h1-8,13H,9-10H2. The molecule has 1 atom stereocenters. The molecule has 0 aliphatic carbocycles. The molecule has 0 aromatic heterocycles. The number of anilines is 1. The molecule has 0 bridgehead atoms. The summed E-state index contributed by atoms with van der Waals surface area (Å²) in [5.74, 6) is 0.514. The van der Waals surface area contributed by atoms with Gasteiger partial charge in [-0.25, -0.2) is 4.79 Å². The summed E-state index contributed by atoms with van der Waals surface area (Å²) in [7, 11) is 0. The largest absolute Gasteiger partial charge is 0.488 e. The van der Waals surface area contributed by atoms with Crippen molar-refractivity contribution in [2.24, 2.45) is 0 Å². The van der Waals surface area contributed by atoms with Crippen molar-refractivity contribution >= 4 is 35.0 Å². The monoisotopic (exact) mass is 337 g/mol. The summed E-state index contributed by atoms with van der Waals surface area (Å²) in [5, 5.41) is 0.969. The van der Waals surface area contributed by atoms with Gasteiger partial charge in [-0.2, -0.15) is 0 Å². The lowest BCUT2D eigenvalue weighted by Gasteiger charge is -2.13. The lowest BCUT2D eigenvalue weighted by atomic mass is 10.3. The first-order valence-corrected chi connectivity index (χ1v) is 7.50. The molecule has 1 amide bonds. The normalized spacial score (nSPS) is 17.5. The number of ether oxygens (including phenoxy) is 2. The maximum absolute atomic E-state index is 11.9. The molecule has 0 saturated carbocycles. The molecule has 0 N–H and O–H groups in total. The van der Waals surface area contributed by atoms with Crippen LogP contribution in [-0.2, 0) is 4.74 Å². The third-order valence-electron chi connectivity index (χ3n) is 3.26. The number of cyclic esters (lactones) is 1. The Labute approximate surface area is 138 Å². The highest BCUT2D eigenvalue weighted by Crippen LogP contribution is 2.28. The third-order valence-corrected chi connectivity index (χ3v) is 3.79. The topological polar surface area (TPSA) is 38.8 Å². The van der Waals surface area contributed by atoms with E-state index in [2.05, 4.69) is 0 Å². The van der Waals surface area contributed by atoms with Crippen molar-refractivity contribution in [1.29, 1.82) is 0 Å². The molecule has 0 spiro atoms. The summed E-state index contributed by atoms with van der Waals surface area (Å²) in [5.41, 5.74) is 0.805. The van der Waals surface area contributed by atoms with Crippen LogP contribution in [0.1, 0.15) is 0 Å². The second-order valence-electron chi connectivity index (χ2n) is 4.84. The lowest BCUT2D eigenvalue weighted by molar-refractivity contribution is 0.105. The number of para-hydroxylation sites is 1. The van der Waals surface area contributed by atoms with Gasteiger partial charge in [0.25, 0.3) is 0 Å². The maximum Gasteiger partial charge on any atom is 0.414 e. The number of carbonyl (C=O) groups is 1. The Bertz CT molecular complexity index is 678. The molecule has 1 fully saturated rings. The number of carbonyl (C=O) groups excluding carboxylic acids is 1. The van der Waals surface area contributed by atoms with Crippen LogP contribution < -0.4 is 9.64 Å². The first-order valence-electron chi connectivity index (χ1n) is 6.74. The van der Waals surface area contributed by atoms with E-state index < -0.39 is 0 Å². The second-order valence-corrected chi connectivity index (χ2v) is 5.68. The zero-order valence-corrected chi connectivity index (χ0v) is 13.1. The Morgan fingerprint density at radius 2 is 1.95 bits per heavy atom. The minimum atomic E-state index is -0.373. The van der Waals surface area contributed by atoms with Gasteiger partial charge in [0, 0.05) is 10.7 Å². The highest BCUT2D eigenvalue weighted by molar-refractivity contribution is 6.35. The van der Waals surface area contributed by atoms with Gasteiger partial charge in [0.1, 0.15) is 12.4 Å². The molecular formula is C16H13Cl2NO3. The Hall–Kier alpha value is -1.91. The van der Waals surface area contributed by atoms with Crippen molar-refractivity contribution in [1.82, 2.24) is 0 Å². The Morgan fingerprint density at radius 3 is 2.68 bits per heavy atom. The van der Waals surface area contributed by atoms with Crippen molar-refractivity contribution in [2.45, 2.75) is 6.10 Å². The van der Waals surface area contributed by atoms with Crippen molar-refractivity contribution in [3.05, 3.63) is 58.6 Å². The maximum atomic E-state index is 11.9. The Balaban J connectivity index is 1.62. The molecule has 1 unspecified atom stereocenters. The molecule has 3 rings (SSSR count). The number of nitrogens with zero attached hydrogens (tertiary/aromatic N) is 1. The lowest BCUT2D eigenvalue weighted by Crippen LogP contribution is -2.26. The van der Waals surface area contributed by atoms with Crippen LogP contribution >= 0.6 is 23.2 Å². The molecule has 1 aliphatic heterocycles. The van der Waals surface area contributed by atoms with Crippen LogP contribution in [0.3, 0.4) is 0 Å². The highest BCUT2D eigenvalue weighted by atomic mass is 35.5. The minimum absolute atomic E-state index is 0.233. The zero-order valence-electron chi connectivity index (χ0n) is 11.5. The van der Waals surface area contributed by atoms with Crippen LogP contribution in [0, 0.1) is 0 Å². The van der Waals surface area contributed by atoms with E-state index in [9.17, 15) is 4.79 Å². The van der Waals surface area contributed by atoms with Gasteiger partial charge in [0.2, 0.25) is 0 Å². The molecule has 2 aromatic rings. The van der Waals surface area contributed by atoms with Crippen LogP contribution in [0.4, 0.5) is 10.5 Å². The fraction of sp³-hybridized carbons (Fsp3) is 0.188. The van der Waals surface area contributed by atoms with Gasteiger partial charge >= 0.3 is 6.09 Å². The van der Waals surface area contributed by atoms with E-state index in [0.717, 1.165) is 5.69 Å². The summed E-state index contributed by atoms with van der Waals surface area (Å²) in [6.45, 7) is 0.671. The van der Waals surface area contributed by atoms with Gasteiger partial charge in [-0.3, -0.25) is 4.90 Å². The minimum Gasteiger partial charge on any atom is -0.488 e. The van der Waals surface area contributed by atoms with Gasteiger partial charge in [-0.05, 0) is 30.3 Å². The molecule has 1 saturated heterocycles. The van der Waals surface area contributed by atoms with E-state index in [1.165, 1.54) is 0 Å². The molecule has 6 heteroatoms. The van der Waals surface area contributed by atoms with E-state index in [1.54, 1.807) is 23.1 Å². The number of hydrogen-bond acceptors (Lipinski definition) is 3. The van der Waals surface area contributed by atoms with Crippen LogP contribution in [0.25, 0.3) is 0 Å². The van der Waals surface area contributed by atoms with E-state index >= 15 is 0 Å². The van der Waals surface area contributed by atoms with Crippen molar-refractivity contribution in [3.63, 3.8) is 0 Å². The molecular weight excluding hydrogens is 325 g/mol. The number of benzene rings is 2. The zero-order chi connectivity index (χ0) is 15.5. The predicted molar refractivity (Wildman–Crippen MR) is 86.0 cm³/mol. The quantitative estimate of drug-likeness (QED) is 0.830. The summed E-state index contributed by atoms with van der Waals surface area (Å²) >= 11 is 11.9. The number of halogens is 2. The van der Waals surface area contributed by atoms with Gasteiger partial charge in [0.15, 0.2) is 6.10 Å². The molecule has 2 aromatic carbocycles. The molecule has 0 radical (unpaired) electrons. The van der Waals surface area contributed by atoms with Crippen LogP contribution in [-0.4, -0.2) is 25.3 Å². The smallest absolute Gasteiger partial charge is 0.414 e. The van der Waals surface area contributed by atoms with E-state index in [1.807, 2.05) is 30.3 Å². The summed E-state index contributed by atoms with van der Waals surface area (Å²) < 4.78 is 10.9. The SMILES string of the molecule is O=C1OC(COc2ccc(Cl)cc2Cl)CN1c1ccccc1. The fourth-order valence-electron chi connectivity index (χ4n) is 2.20. The molecule has 114 valence electrons. The average molecular weight is 338 g/mol. The van der Waals surface area contributed by atoms with Gasteiger partial charge in [-0.15, -0.1) is 0 Å². The van der Waals surface area contributed by atoms with Crippen LogP contribution in [0.5, 0.6) is 5.75 Å². The highest BCUT2D eigenvalue weighted by Gasteiger charge is 2.32. The molecule has 1 heterocycles. The first kappa shape index (κ1) is 15.0. The second kappa shape index (κ2) is 6.46. The summed E-state index contributed by atoms with van der Waals surface area (Å²) in [6, 6.07) is 14.4. The summed E-state index contributed by atoms with van der Waals surface area (Å²) in [6.07, 6.45) is -0.721. The third kappa shape index (κ3) is 3.29. The number of amides is 1. The first-order chi connectivity index (χ1) is 10.6. The average Bonchev–Trinajstić information content (AvgIpc) is 2.88. The van der Waals surface area contributed by atoms with E-state index in [4.69, 9.17) is 32.7 Å². The van der Waals surface area contributed by atoms with Crippen LogP contribution in [0.2, 0.25) is 10.0 Å².